The second kappa shape index (κ2) is 6.59. The van der Waals surface area contributed by atoms with Crippen LogP contribution in [0.5, 0.6) is 0 Å². The molecular formula is C19H21FN8O. The quantitative estimate of drug-likeness (QED) is 0.486. The molecule has 0 bridgehead atoms. The van der Waals surface area contributed by atoms with E-state index in [4.69, 9.17) is 0 Å². The highest BCUT2D eigenvalue weighted by Gasteiger charge is 2.19. The van der Waals surface area contributed by atoms with Crippen LogP contribution < -0.4 is 21.1 Å². The van der Waals surface area contributed by atoms with Crippen molar-refractivity contribution >= 4 is 33.9 Å². The lowest BCUT2D eigenvalue weighted by molar-refractivity contribution is 0.576. The van der Waals surface area contributed by atoms with E-state index in [1.54, 1.807) is 35.3 Å². The number of nitrogens with one attached hydrogen (secondary N) is 3. The van der Waals surface area contributed by atoms with Crippen molar-refractivity contribution in [2.45, 2.75) is 6.92 Å². The SMILES string of the molecule is Cc1cn2cc(Nc3n[nH]c4cc(N5CCNCC5)n(C)c(=O)c34)cc(F)c2n1. The maximum absolute atomic E-state index is 14.4. The maximum Gasteiger partial charge on any atom is 0.265 e. The molecule has 3 N–H and O–H groups in total. The molecule has 0 radical (unpaired) electrons. The molecule has 0 unspecified atom stereocenters. The molecule has 1 fully saturated rings. The molecule has 0 aliphatic carbocycles. The third-order valence-corrected chi connectivity index (χ3v) is 5.26. The molecule has 1 saturated heterocycles. The largest absolute Gasteiger partial charge is 0.355 e. The Kier molecular flexibility index (Phi) is 4.02. The molecule has 0 aromatic carbocycles. The van der Waals surface area contributed by atoms with Crippen molar-refractivity contribution in [2.24, 2.45) is 7.05 Å². The molecule has 1 aliphatic heterocycles. The second-order valence-electron chi connectivity index (χ2n) is 7.28. The number of hydrogen-bond donors (Lipinski definition) is 3. The number of pyridine rings is 2. The smallest absolute Gasteiger partial charge is 0.265 e. The monoisotopic (exact) mass is 396 g/mol. The molecule has 150 valence electrons. The Morgan fingerprint density at radius 3 is 2.79 bits per heavy atom. The van der Waals surface area contributed by atoms with Gasteiger partial charge in [-0.25, -0.2) is 9.37 Å². The zero-order valence-electron chi connectivity index (χ0n) is 16.2. The minimum Gasteiger partial charge on any atom is -0.355 e. The average molecular weight is 396 g/mol. The molecule has 0 amide bonds. The van der Waals surface area contributed by atoms with Crippen LogP contribution in [0.4, 0.5) is 21.7 Å². The number of anilines is 3. The van der Waals surface area contributed by atoms with Gasteiger partial charge in [-0.2, -0.15) is 5.10 Å². The fourth-order valence-electron chi connectivity index (χ4n) is 3.85. The van der Waals surface area contributed by atoms with Crippen LogP contribution in [0.1, 0.15) is 5.69 Å². The van der Waals surface area contributed by atoms with E-state index in [1.165, 1.54) is 6.07 Å². The highest BCUT2D eigenvalue weighted by molar-refractivity contribution is 5.92. The van der Waals surface area contributed by atoms with E-state index in [0.717, 1.165) is 37.7 Å². The Hall–Kier alpha value is -3.40. The number of halogens is 1. The van der Waals surface area contributed by atoms with Gasteiger partial charge in [0.25, 0.3) is 5.56 Å². The van der Waals surface area contributed by atoms with Crippen LogP contribution in [0.25, 0.3) is 16.6 Å². The molecule has 0 saturated carbocycles. The zero-order chi connectivity index (χ0) is 20.1. The van der Waals surface area contributed by atoms with Crippen molar-refractivity contribution in [1.29, 1.82) is 0 Å². The predicted octanol–water partition coefficient (Wildman–Crippen LogP) is 1.51. The van der Waals surface area contributed by atoms with E-state index in [1.807, 2.05) is 6.07 Å². The zero-order valence-corrected chi connectivity index (χ0v) is 16.2. The van der Waals surface area contributed by atoms with Crippen molar-refractivity contribution in [1.82, 2.24) is 29.5 Å². The van der Waals surface area contributed by atoms with Crippen molar-refractivity contribution in [3.63, 3.8) is 0 Å². The van der Waals surface area contributed by atoms with Crippen LogP contribution in [0.3, 0.4) is 0 Å². The lowest BCUT2D eigenvalue weighted by Gasteiger charge is -2.30. The number of rotatable bonds is 3. The van der Waals surface area contributed by atoms with E-state index >= 15 is 0 Å². The molecule has 29 heavy (non-hydrogen) atoms. The van der Waals surface area contributed by atoms with E-state index in [9.17, 15) is 9.18 Å². The lowest BCUT2D eigenvalue weighted by atomic mass is 10.2. The first-order valence-corrected chi connectivity index (χ1v) is 9.47. The van der Waals surface area contributed by atoms with Crippen LogP contribution in [0.15, 0.2) is 29.3 Å². The number of aryl methyl sites for hydroxylation is 1. The standard InChI is InChI=1S/C19H21FN8O/c1-11-9-28-10-12(7-13(20)18(28)22-11)23-17-16-14(24-25-17)8-15(26(2)19(16)29)27-5-3-21-4-6-27/h7-10,21H,3-6H2,1-2H3,(H2,23,24,25). The minimum absolute atomic E-state index is 0.160. The van der Waals surface area contributed by atoms with Gasteiger partial charge >= 0.3 is 0 Å². The molecule has 4 aromatic heterocycles. The topological polar surface area (TPSA) is 95.3 Å². The van der Waals surface area contributed by atoms with Gasteiger partial charge in [0.2, 0.25) is 0 Å². The van der Waals surface area contributed by atoms with Crippen LogP contribution in [-0.2, 0) is 7.05 Å². The number of H-pyrrole nitrogens is 1. The molecule has 5 rings (SSSR count). The summed E-state index contributed by atoms with van der Waals surface area (Å²) in [5, 5.41) is 14.0. The number of hydrogen-bond acceptors (Lipinski definition) is 6. The summed E-state index contributed by atoms with van der Waals surface area (Å²) >= 11 is 0. The Morgan fingerprint density at radius 2 is 2.00 bits per heavy atom. The Bertz CT molecular complexity index is 1280. The summed E-state index contributed by atoms with van der Waals surface area (Å²) in [7, 11) is 1.76. The van der Waals surface area contributed by atoms with Gasteiger partial charge in [0, 0.05) is 57.8 Å². The summed E-state index contributed by atoms with van der Waals surface area (Å²) in [5.41, 5.74) is 1.95. The third-order valence-electron chi connectivity index (χ3n) is 5.26. The molecule has 9 nitrogen and oxygen atoms in total. The van der Waals surface area contributed by atoms with Crippen LogP contribution in [-0.4, -0.2) is 50.3 Å². The highest BCUT2D eigenvalue weighted by atomic mass is 19.1. The number of aromatic amines is 1. The first kappa shape index (κ1) is 17.7. The summed E-state index contributed by atoms with van der Waals surface area (Å²) < 4.78 is 17.6. The molecule has 10 heteroatoms. The fourth-order valence-corrected chi connectivity index (χ4v) is 3.85. The summed E-state index contributed by atoms with van der Waals surface area (Å²) in [5.74, 6) is 0.764. The third kappa shape index (κ3) is 2.92. The van der Waals surface area contributed by atoms with Gasteiger partial charge < -0.3 is 19.9 Å². The molecular weight excluding hydrogens is 375 g/mol. The van der Waals surface area contributed by atoms with Crippen molar-refractivity contribution < 1.29 is 4.39 Å². The van der Waals surface area contributed by atoms with Crippen LogP contribution in [0, 0.1) is 12.7 Å². The number of piperazine rings is 1. The normalized spacial score (nSPS) is 14.8. The molecule has 4 aromatic rings. The maximum atomic E-state index is 14.4. The fraction of sp³-hybridized carbons (Fsp3) is 0.316. The molecule has 0 atom stereocenters. The highest BCUT2D eigenvalue weighted by Crippen LogP contribution is 2.25. The number of fused-ring (bicyclic) bond motifs is 2. The van der Waals surface area contributed by atoms with Gasteiger partial charge in [0.05, 0.1) is 16.9 Å². The van der Waals surface area contributed by atoms with E-state index in [2.05, 4.69) is 30.7 Å². The minimum atomic E-state index is -0.447. The van der Waals surface area contributed by atoms with Gasteiger partial charge in [0.1, 0.15) is 11.2 Å². The summed E-state index contributed by atoms with van der Waals surface area (Å²) in [6.07, 6.45) is 3.46. The first-order valence-electron chi connectivity index (χ1n) is 9.47. The summed E-state index contributed by atoms with van der Waals surface area (Å²) in [6.45, 7) is 5.23. The molecule has 5 heterocycles. The van der Waals surface area contributed by atoms with Crippen LogP contribution in [0.2, 0.25) is 0 Å². The van der Waals surface area contributed by atoms with E-state index in [-0.39, 0.29) is 11.2 Å². The molecule has 1 aliphatic rings. The lowest BCUT2D eigenvalue weighted by Crippen LogP contribution is -2.45. The number of nitrogens with zero attached hydrogens (tertiary/aromatic N) is 5. The molecule has 0 spiro atoms. The van der Waals surface area contributed by atoms with Crippen LogP contribution >= 0.6 is 0 Å². The van der Waals surface area contributed by atoms with Gasteiger partial charge in [-0.1, -0.05) is 0 Å². The van der Waals surface area contributed by atoms with Crippen molar-refractivity contribution in [3.05, 3.63) is 46.4 Å². The Balaban J connectivity index is 1.56. The second-order valence-corrected chi connectivity index (χ2v) is 7.28. The number of imidazole rings is 1. The average Bonchev–Trinajstić information content (AvgIpc) is 3.28. The summed E-state index contributed by atoms with van der Waals surface area (Å²) in [4.78, 5) is 19.4. The van der Waals surface area contributed by atoms with Crippen molar-refractivity contribution in [2.75, 3.05) is 36.4 Å². The van der Waals surface area contributed by atoms with E-state index < -0.39 is 5.82 Å². The van der Waals surface area contributed by atoms with Gasteiger partial charge in [-0.15, -0.1) is 0 Å². The number of aromatic nitrogens is 5. The first-order chi connectivity index (χ1) is 14.0. The summed E-state index contributed by atoms with van der Waals surface area (Å²) in [6, 6.07) is 3.28. The predicted molar refractivity (Wildman–Crippen MR) is 110 cm³/mol. The van der Waals surface area contributed by atoms with Crippen molar-refractivity contribution in [3.8, 4) is 0 Å². The van der Waals surface area contributed by atoms with Gasteiger partial charge in [-0.05, 0) is 6.92 Å². The Labute approximate surface area is 165 Å². The van der Waals surface area contributed by atoms with E-state index in [0.29, 0.717) is 22.4 Å². The van der Waals surface area contributed by atoms with Gasteiger partial charge in [-0.3, -0.25) is 14.5 Å². The Morgan fingerprint density at radius 1 is 1.21 bits per heavy atom. The van der Waals surface area contributed by atoms with Gasteiger partial charge in [0.15, 0.2) is 17.3 Å².